The van der Waals surface area contributed by atoms with Gasteiger partial charge in [-0.2, -0.15) is 0 Å². The van der Waals surface area contributed by atoms with Gasteiger partial charge in [-0.25, -0.2) is 0 Å². The topological polar surface area (TPSA) is 42.2 Å². The number of hydrogen-bond acceptors (Lipinski definition) is 2. The molecule has 27 heavy (non-hydrogen) atoms. The Balaban J connectivity index is 1.46. The highest BCUT2D eigenvalue weighted by Crippen LogP contribution is 2.30. The average molecular weight is 351 g/mol. The summed E-state index contributed by atoms with van der Waals surface area (Å²) in [6.45, 7) is 0. The van der Waals surface area contributed by atoms with Crippen LogP contribution in [0.25, 0.3) is 32.5 Å². The predicted octanol–water partition coefficient (Wildman–Crippen LogP) is 5.92. The minimum atomic E-state index is -0.0547. The van der Waals surface area contributed by atoms with E-state index in [4.69, 9.17) is 4.42 Å². The van der Waals surface area contributed by atoms with Gasteiger partial charge in [-0.1, -0.05) is 60.7 Å². The number of hydrogen-bond donors (Lipinski definition) is 1. The zero-order valence-electron chi connectivity index (χ0n) is 14.6. The first-order valence-corrected chi connectivity index (χ1v) is 8.94. The van der Waals surface area contributed by atoms with E-state index in [0.29, 0.717) is 0 Å². The molecule has 3 heteroatoms. The third kappa shape index (κ3) is 2.83. The fourth-order valence-corrected chi connectivity index (χ4v) is 3.65. The van der Waals surface area contributed by atoms with Crippen molar-refractivity contribution in [3.05, 3.63) is 90.7 Å². The van der Waals surface area contributed by atoms with Gasteiger partial charge < -0.3 is 9.73 Å². The molecule has 0 radical (unpaired) electrons. The summed E-state index contributed by atoms with van der Waals surface area (Å²) >= 11 is 0. The minimum Gasteiger partial charge on any atom is -0.464 e. The van der Waals surface area contributed by atoms with Crippen molar-refractivity contribution in [2.24, 2.45) is 0 Å². The second-order valence-electron chi connectivity index (χ2n) is 6.71. The van der Waals surface area contributed by atoms with Crippen LogP contribution in [-0.2, 0) is 11.2 Å². The zero-order chi connectivity index (χ0) is 18.2. The van der Waals surface area contributed by atoms with Crippen LogP contribution in [0.1, 0.15) is 5.56 Å². The standard InChI is InChI=1S/C24H17NO2/c26-23(25-20-11-9-16-5-1-2-7-18(16)13-20)14-19-15-27-22-12-10-17-6-3-4-8-21(17)24(19)22/h1-13,15H,14H2,(H,25,26). The molecule has 5 aromatic rings. The van der Waals surface area contributed by atoms with Crippen LogP contribution in [0.5, 0.6) is 0 Å². The molecule has 0 saturated heterocycles. The van der Waals surface area contributed by atoms with E-state index >= 15 is 0 Å². The Bertz CT molecular complexity index is 1300. The summed E-state index contributed by atoms with van der Waals surface area (Å²) in [6.07, 6.45) is 1.96. The third-order valence-electron chi connectivity index (χ3n) is 4.92. The Morgan fingerprint density at radius 1 is 0.815 bits per heavy atom. The van der Waals surface area contributed by atoms with Gasteiger partial charge >= 0.3 is 0 Å². The predicted molar refractivity (Wildman–Crippen MR) is 110 cm³/mol. The van der Waals surface area contributed by atoms with Gasteiger partial charge in [0.05, 0.1) is 12.7 Å². The minimum absolute atomic E-state index is 0.0547. The molecule has 0 aliphatic heterocycles. The molecular formula is C24H17NO2. The van der Waals surface area contributed by atoms with E-state index in [1.165, 1.54) is 0 Å². The molecule has 0 fully saturated rings. The van der Waals surface area contributed by atoms with Crippen LogP contribution < -0.4 is 5.32 Å². The lowest BCUT2D eigenvalue weighted by Gasteiger charge is -2.07. The molecule has 4 aromatic carbocycles. The molecule has 0 saturated carbocycles. The van der Waals surface area contributed by atoms with Crippen LogP contribution >= 0.6 is 0 Å². The second kappa shape index (κ2) is 6.29. The van der Waals surface area contributed by atoms with E-state index in [1.54, 1.807) is 6.26 Å². The summed E-state index contributed by atoms with van der Waals surface area (Å²) in [6, 6.07) is 26.2. The average Bonchev–Trinajstić information content (AvgIpc) is 3.11. The molecule has 1 aromatic heterocycles. The number of rotatable bonds is 3. The summed E-state index contributed by atoms with van der Waals surface area (Å²) < 4.78 is 5.69. The van der Waals surface area contributed by atoms with E-state index in [0.717, 1.165) is 43.8 Å². The van der Waals surface area contributed by atoms with Crippen molar-refractivity contribution >= 4 is 44.1 Å². The Hall–Kier alpha value is -3.59. The summed E-state index contributed by atoms with van der Waals surface area (Å²) in [7, 11) is 0. The zero-order valence-corrected chi connectivity index (χ0v) is 14.6. The first kappa shape index (κ1) is 15.6. The molecule has 0 atom stereocenters. The number of anilines is 1. The van der Waals surface area contributed by atoms with Gasteiger partial charge in [0.15, 0.2) is 0 Å². The maximum Gasteiger partial charge on any atom is 0.228 e. The quantitative estimate of drug-likeness (QED) is 0.438. The van der Waals surface area contributed by atoms with Crippen LogP contribution in [0.4, 0.5) is 5.69 Å². The summed E-state index contributed by atoms with van der Waals surface area (Å²) in [5.74, 6) is -0.0547. The fraction of sp³-hybridized carbons (Fsp3) is 0.0417. The van der Waals surface area contributed by atoms with Crippen molar-refractivity contribution in [3.8, 4) is 0 Å². The number of amides is 1. The van der Waals surface area contributed by atoms with Crippen LogP contribution in [0, 0.1) is 0 Å². The molecule has 5 rings (SSSR count). The largest absolute Gasteiger partial charge is 0.464 e. The molecule has 0 bridgehead atoms. The van der Waals surface area contributed by atoms with Crippen molar-refractivity contribution in [1.29, 1.82) is 0 Å². The van der Waals surface area contributed by atoms with Gasteiger partial charge in [0.1, 0.15) is 5.58 Å². The lowest BCUT2D eigenvalue weighted by molar-refractivity contribution is -0.115. The summed E-state index contributed by atoms with van der Waals surface area (Å²) in [5.41, 5.74) is 2.51. The normalized spacial score (nSPS) is 11.3. The molecule has 3 nitrogen and oxygen atoms in total. The highest BCUT2D eigenvalue weighted by molar-refractivity contribution is 6.09. The van der Waals surface area contributed by atoms with Crippen LogP contribution in [0.3, 0.4) is 0 Å². The summed E-state index contributed by atoms with van der Waals surface area (Å²) in [5, 5.41) is 8.53. The lowest BCUT2D eigenvalue weighted by atomic mass is 10.0. The van der Waals surface area contributed by atoms with Gasteiger partial charge in [0, 0.05) is 16.6 Å². The first-order valence-electron chi connectivity index (χ1n) is 8.94. The highest BCUT2D eigenvalue weighted by atomic mass is 16.3. The van der Waals surface area contributed by atoms with E-state index in [1.807, 2.05) is 60.7 Å². The Morgan fingerprint density at radius 2 is 1.56 bits per heavy atom. The highest BCUT2D eigenvalue weighted by Gasteiger charge is 2.13. The monoisotopic (exact) mass is 351 g/mol. The number of furan rings is 1. The molecule has 0 unspecified atom stereocenters. The van der Waals surface area contributed by atoms with Gasteiger partial charge in [-0.15, -0.1) is 0 Å². The van der Waals surface area contributed by atoms with Gasteiger partial charge in [0.25, 0.3) is 0 Å². The van der Waals surface area contributed by atoms with Crippen molar-refractivity contribution in [2.75, 3.05) is 5.32 Å². The van der Waals surface area contributed by atoms with E-state index < -0.39 is 0 Å². The van der Waals surface area contributed by atoms with E-state index in [-0.39, 0.29) is 12.3 Å². The fourth-order valence-electron chi connectivity index (χ4n) is 3.65. The Labute approximate surface area is 156 Å². The molecule has 1 N–H and O–H groups in total. The maximum atomic E-state index is 12.6. The smallest absolute Gasteiger partial charge is 0.228 e. The van der Waals surface area contributed by atoms with Gasteiger partial charge in [-0.3, -0.25) is 4.79 Å². The summed E-state index contributed by atoms with van der Waals surface area (Å²) in [4.78, 5) is 12.6. The first-order chi connectivity index (χ1) is 13.3. The van der Waals surface area contributed by atoms with Crippen molar-refractivity contribution in [2.45, 2.75) is 6.42 Å². The SMILES string of the molecule is O=C(Cc1coc2ccc3ccccc3c12)Nc1ccc2ccccc2c1. The molecular weight excluding hydrogens is 334 g/mol. The second-order valence-corrected chi connectivity index (χ2v) is 6.71. The van der Waals surface area contributed by atoms with Crippen LogP contribution in [-0.4, -0.2) is 5.91 Å². The van der Waals surface area contributed by atoms with Crippen molar-refractivity contribution < 1.29 is 9.21 Å². The van der Waals surface area contributed by atoms with Crippen LogP contribution in [0.2, 0.25) is 0 Å². The molecule has 0 spiro atoms. The number of carbonyl (C=O) groups excluding carboxylic acids is 1. The molecule has 1 heterocycles. The van der Waals surface area contributed by atoms with E-state index in [2.05, 4.69) is 23.5 Å². The van der Waals surface area contributed by atoms with E-state index in [9.17, 15) is 4.79 Å². The molecule has 1 amide bonds. The maximum absolute atomic E-state index is 12.6. The Kier molecular flexibility index (Phi) is 3.65. The van der Waals surface area contributed by atoms with Crippen LogP contribution in [0.15, 0.2) is 89.5 Å². The van der Waals surface area contributed by atoms with Gasteiger partial charge in [0.2, 0.25) is 5.91 Å². The number of benzene rings is 4. The molecule has 130 valence electrons. The third-order valence-corrected chi connectivity index (χ3v) is 4.92. The Morgan fingerprint density at radius 3 is 2.44 bits per heavy atom. The molecule has 0 aliphatic rings. The number of fused-ring (bicyclic) bond motifs is 4. The van der Waals surface area contributed by atoms with Gasteiger partial charge in [-0.05, 0) is 39.7 Å². The lowest BCUT2D eigenvalue weighted by Crippen LogP contribution is -2.14. The van der Waals surface area contributed by atoms with Crippen molar-refractivity contribution in [1.82, 2.24) is 0 Å². The number of carbonyl (C=O) groups is 1. The molecule has 0 aliphatic carbocycles. The van der Waals surface area contributed by atoms with Crippen molar-refractivity contribution in [3.63, 3.8) is 0 Å². The number of nitrogens with one attached hydrogen (secondary N) is 1.